The monoisotopic (exact) mass is 480 g/mol. The van der Waals surface area contributed by atoms with Gasteiger partial charge in [0.2, 0.25) is 5.91 Å². The van der Waals surface area contributed by atoms with E-state index in [1.807, 2.05) is 7.05 Å². The Balaban J connectivity index is 2.05. The normalized spacial score (nSPS) is 16.5. The third-order valence-electron chi connectivity index (χ3n) is 6.70. The molecule has 1 heterocycles. The summed E-state index contributed by atoms with van der Waals surface area (Å²) in [5.74, 6) is 0.0285. The molecule has 1 unspecified atom stereocenters. The van der Waals surface area contributed by atoms with Crippen molar-refractivity contribution in [2.75, 3.05) is 57.8 Å². The molecule has 0 aliphatic heterocycles. The average Bonchev–Trinajstić information content (AvgIpc) is 3.09. The van der Waals surface area contributed by atoms with E-state index < -0.39 is 0 Å². The van der Waals surface area contributed by atoms with Crippen molar-refractivity contribution in [3.05, 3.63) is 10.4 Å². The summed E-state index contributed by atoms with van der Waals surface area (Å²) in [4.78, 5) is 31.5. The lowest BCUT2D eigenvalue weighted by molar-refractivity contribution is -0.133. The number of carbonyl (C=O) groups excluding carboxylic acids is 2. The standard InChI is InChI=1S/C24H44N6O2S/c1-5-8-12-30(24(32)28-11-13-29(6-2)7-3)23(31)18(16-27-4)14-17-9-10-20-19(15-17)21(25)22(26)33-20/h17-18,27H,5-16,25-26H2,1-4H3,(H,28,32)/t17-,18?/m1/s1. The van der Waals surface area contributed by atoms with Crippen LogP contribution in [0.15, 0.2) is 0 Å². The molecule has 3 amide bonds. The van der Waals surface area contributed by atoms with Crippen LogP contribution < -0.4 is 22.1 Å². The Kier molecular flexibility index (Phi) is 11.4. The number of nitrogens with two attached hydrogens (primary N) is 2. The van der Waals surface area contributed by atoms with Gasteiger partial charge in [0.25, 0.3) is 0 Å². The third-order valence-corrected chi connectivity index (χ3v) is 7.83. The van der Waals surface area contributed by atoms with Gasteiger partial charge in [-0.2, -0.15) is 0 Å². The van der Waals surface area contributed by atoms with Crippen LogP contribution in [-0.2, 0) is 17.6 Å². The lowest BCUT2D eigenvalue weighted by Gasteiger charge is -2.30. The number of carbonyl (C=O) groups is 2. The number of hydrogen-bond acceptors (Lipinski definition) is 7. The Bertz CT molecular complexity index is 764. The van der Waals surface area contributed by atoms with Gasteiger partial charge >= 0.3 is 6.03 Å². The van der Waals surface area contributed by atoms with E-state index in [-0.39, 0.29) is 17.9 Å². The molecule has 2 atom stereocenters. The van der Waals surface area contributed by atoms with Gasteiger partial charge in [0.05, 0.1) is 11.6 Å². The molecule has 0 saturated carbocycles. The topological polar surface area (TPSA) is 117 Å². The Morgan fingerprint density at radius 1 is 1.18 bits per heavy atom. The number of amides is 3. The molecule has 1 aromatic rings. The fourth-order valence-electron chi connectivity index (χ4n) is 4.63. The largest absolute Gasteiger partial charge is 0.396 e. The minimum absolute atomic E-state index is 0.0817. The van der Waals surface area contributed by atoms with Crippen LogP contribution in [-0.4, -0.2) is 68.1 Å². The summed E-state index contributed by atoms with van der Waals surface area (Å²) < 4.78 is 0. The van der Waals surface area contributed by atoms with E-state index in [4.69, 9.17) is 11.5 Å². The van der Waals surface area contributed by atoms with Crippen LogP contribution in [0, 0.1) is 11.8 Å². The highest BCUT2D eigenvalue weighted by molar-refractivity contribution is 7.16. The van der Waals surface area contributed by atoms with Gasteiger partial charge < -0.3 is 27.0 Å². The van der Waals surface area contributed by atoms with E-state index in [1.54, 1.807) is 11.3 Å². The highest BCUT2D eigenvalue weighted by atomic mass is 32.1. The third kappa shape index (κ3) is 7.58. The van der Waals surface area contributed by atoms with E-state index in [9.17, 15) is 9.59 Å². The minimum atomic E-state index is -0.275. The number of nitrogen functional groups attached to an aromatic ring is 2. The summed E-state index contributed by atoms with van der Waals surface area (Å²) in [6, 6.07) is -0.275. The van der Waals surface area contributed by atoms with Crippen LogP contribution in [0.1, 0.15) is 56.9 Å². The van der Waals surface area contributed by atoms with Gasteiger partial charge in [-0.1, -0.05) is 27.2 Å². The van der Waals surface area contributed by atoms with E-state index >= 15 is 0 Å². The highest BCUT2D eigenvalue weighted by Gasteiger charge is 2.32. The molecule has 33 heavy (non-hydrogen) atoms. The quantitative estimate of drug-likeness (QED) is 0.345. The number of urea groups is 1. The molecule has 1 aromatic heterocycles. The fourth-order valence-corrected chi connectivity index (χ4v) is 5.66. The second-order valence-electron chi connectivity index (χ2n) is 8.98. The smallest absolute Gasteiger partial charge is 0.324 e. The second-order valence-corrected chi connectivity index (χ2v) is 10.1. The van der Waals surface area contributed by atoms with Gasteiger partial charge in [0.1, 0.15) is 5.00 Å². The molecule has 8 nitrogen and oxygen atoms in total. The average molecular weight is 481 g/mol. The molecule has 0 radical (unpaired) electrons. The molecule has 0 aromatic carbocycles. The van der Waals surface area contributed by atoms with Gasteiger partial charge in [-0.25, -0.2) is 4.79 Å². The van der Waals surface area contributed by atoms with Gasteiger partial charge in [0, 0.05) is 31.1 Å². The Morgan fingerprint density at radius 3 is 2.55 bits per heavy atom. The first-order valence-electron chi connectivity index (χ1n) is 12.5. The van der Waals surface area contributed by atoms with Gasteiger partial charge in [-0.3, -0.25) is 9.69 Å². The molecule has 9 heteroatoms. The first kappa shape index (κ1) is 27.4. The summed E-state index contributed by atoms with van der Waals surface area (Å²) in [6.45, 7) is 10.5. The zero-order valence-corrected chi connectivity index (χ0v) is 21.7. The lowest BCUT2D eigenvalue weighted by atomic mass is 9.81. The van der Waals surface area contributed by atoms with Crippen LogP contribution in [0.4, 0.5) is 15.5 Å². The Labute approximate surface area is 203 Å². The van der Waals surface area contributed by atoms with Crippen LogP contribution >= 0.6 is 11.3 Å². The van der Waals surface area contributed by atoms with Crippen LogP contribution in [0.2, 0.25) is 0 Å². The minimum Gasteiger partial charge on any atom is -0.396 e. The van der Waals surface area contributed by atoms with Crippen molar-refractivity contribution < 1.29 is 9.59 Å². The number of aryl methyl sites for hydroxylation is 1. The molecule has 0 spiro atoms. The number of anilines is 2. The van der Waals surface area contributed by atoms with E-state index in [0.29, 0.717) is 36.2 Å². The molecule has 1 aliphatic carbocycles. The number of rotatable bonds is 13. The number of imide groups is 1. The molecule has 0 saturated heterocycles. The number of fused-ring (bicyclic) bond motifs is 1. The maximum absolute atomic E-state index is 13.6. The number of thiophene rings is 1. The number of unbranched alkanes of at least 4 members (excludes halogenated alkanes) is 1. The number of nitrogens with zero attached hydrogens (tertiary/aromatic N) is 2. The lowest BCUT2D eigenvalue weighted by Crippen LogP contribution is -2.50. The molecule has 0 fully saturated rings. The van der Waals surface area contributed by atoms with Crippen molar-refractivity contribution in [2.45, 2.75) is 59.3 Å². The van der Waals surface area contributed by atoms with Crippen molar-refractivity contribution in [1.82, 2.24) is 20.4 Å². The van der Waals surface area contributed by atoms with Crippen molar-refractivity contribution in [2.24, 2.45) is 11.8 Å². The summed E-state index contributed by atoms with van der Waals surface area (Å²) in [6.07, 6.45) is 5.30. The van der Waals surface area contributed by atoms with Crippen molar-refractivity contribution in [3.8, 4) is 0 Å². The molecule has 6 N–H and O–H groups in total. The van der Waals surface area contributed by atoms with E-state index in [2.05, 4.69) is 36.3 Å². The molecule has 2 rings (SSSR count). The second kappa shape index (κ2) is 13.8. The van der Waals surface area contributed by atoms with Crippen molar-refractivity contribution in [1.29, 1.82) is 0 Å². The predicted molar refractivity (Wildman–Crippen MR) is 139 cm³/mol. The Hall–Kier alpha value is -1.84. The first-order chi connectivity index (χ1) is 15.9. The van der Waals surface area contributed by atoms with Crippen molar-refractivity contribution in [3.63, 3.8) is 0 Å². The number of hydrogen-bond donors (Lipinski definition) is 4. The maximum Gasteiger partial charge on any atom is 0.324 e. The summed E-state index contributed by atoms with van der Waals surface area (Å²) in [5.41, 5.74) is 14.1. The summed E-state index contributed by atoms with van der Waals surface area (Å²) in [7, 11) is 1.86. The SMILES string of the molecule is CCCCN(C(=O)NCCN(CC)CC)C(=O)C(CNC)C[C@H]1CCc2sc(N)c(N)c2C1. The van der Waals surface area contributed by atoms with Crippen molar-refractivity contribution >= 4 is 34.0 Å². The number of likely N-dealkylation sites (N-methyl/N-ethyl adjacent to an activating group) is 1. The molecule has 188 valence electrons. The number of nitrogens with one attached hydrogen (secondary N) is 2. The molecule has 1 aliphatic rings. The molecular formula is C24H44N6O2S. The molecular weight excluding hydrogens is 436 g/mol. The zero-order valence-electron chi connectivity index (χ0n) is 20.9. The van der Waals surface area contributed by atoms with Crippen LogP contribution in [0.25, 0.3) is 0 Å². The predicted octanol–water partition coefficient (Wildman–Crippen LogP) is 2.92. The van der Waals surface area contributed by atoms with Gasteiger partial charge in [-0.05, 0) is 63.7 Å². The summed E-state index contributed by atoms with van der Waals surface area (Å²) >= 11 is 1.59. The Morgan fingerprint density at radius 2 is 1.91 bits per heavy atom. The fraction of sp³-hybridized carbons (Fsp3) is 0.750. The van der Waals surface area contributed by atoms with Crippen LogP contribution in [0.5, 0.6) is 0 Å². The van der Waals surface area contributed by atoms with Gasteiger partial charge in [0.15, 0.2) is 0 Å². The van der Waals surface area contributed by atoms with E-state index in [0.717, 1.165) is 58.2 Å². The maximum atomic E-state index is 13.6. The molecule has 0 bridgehead atoms. The van der Waals surface area contributed by atoms with Gasteiger partial charge in [-0.15, -0.1) is 11.3 Å². The zero-order chi connectivity index (χ0) is 24.4. The highest BCUT2D eigenvalue weighted by Crippen LogP contribution is 2.41. The van der Waals surface area contributed by atoms with Crippen LogP contribution in [0.3, 0.4) is 0 Å². The van der Waals surface area contributed by atoms with E-state index in [1.165, 1.54) is 15.3 Å². The summed E-state index contributed by atoms with van der Waals surface area (Å²) in [5, 5.41) is 6.84. The first-order valence-corrected chi connectivity index (χ1v) is 13.3.